The van der Waals surface area contributed by atoms with E-state index in [1.165, 1.54) is 0 Å². The molecule has 224 valence electrons. The van der Waals surface area contributed by atoms with Gasteiger partial charge in [0.25, 0.3) is 0 Å². The van der Waals surface area contributed by atoms with Gasteiger partial charge < -0.3 is 51.2 Å². The fourth-order valence-electron chi connectivity index (χ4n) is 7.64. The molecule has 4 aliphatic carbocycles. The summed E-state index contributed by atoms with van der Waals surface area (Å²) >= 11 is 0. The molecule has 4 aliphatic rings. The molecular formula is C26H34N10O6. The third-order valence-electron chi connectivity index (χ3n) is 10.1. The lowest BCUT2D eigenvalue weighted by atomic mass is 10.0. The van der Waals surface area contributed by atoms with Crippen LogP contribution in [0.5, 0.6) is 0 Å². The maximum Gasteiger partial charge on any atom is 0.166 e. The predicted octanol–water partition coefficient (Wildman–Crippen LogP) is -2.02. The highest BCUT2D eigenvalue weighted by atomic mass is 16.3. The fourth-order valence-corrected chi connectivity index (χ4v) is 7.64. The van der Waals surface area contributed by atoms with Crippen LogP contribution in [0.15, 0.2) is 12.7 Å². The van der Waals surface area contributed by atoms with Crippen molar-refractivity contribution in [3.05, 3.63) is 24.3 Å². The molecule has 16 nitrogen and oxygen atoms in total. The van der Waals surface area contributed by atoms with Gasteiger partial charge >= 0.3 is 0 Å². The van der Waals surface area contributed by atoms with Crippen molar-refractivity contribution in [2.45, 2.75) is 63.2 Å². The minimum absolute atomic E-state index is 0.0152. The molecule has 16 heteroatoms. The summed E-state index contributed by atoms with van der Waals surface area (Å²) in [5.41, 5.74) is 12.6. The van der Waals surface area contributed by atoms with Gasteiger partial charge in [-0.15, -0.1) is 0 Å². The van der Waals surface area contributed by atoms with Crippen LogP contribution in [0, 0.1) is 36.5 Å². The number of nitrogens with zero attached hydrogens (tertiary/aromatic N) is 8. The minimum Gasteiger partial charge on any atom is -0.396 e. The third-order valence-corrected chi connectivity index (χ3v) is 10.1. The maximum atomic E-state index is 10.3. The van der Waals surface area contributed by atoms with E-state index in [0.717, 1.165) is 0 Å². The molecule has 10 N–H and O–H groups in total. The molecule has 0 amide bonds. The summed E-state index contributed by atoms with van der Waals surface area (Å²) in [7, 11) is 0. The number of anilines is 2. The maximum absolute atomic E-state index is 10.3. The summed E-state index contributed by atoms with van der Waals surface area (Å²) < 4.78 is 3.51. The first kappa shape index (κ1) is 27.3. The van der Waals surface area contributed by atoms with E-state index in [2.05, 4.69) is 29.9 Å². The number of imidazole rings is 2. The molecule has 42 heavy (non-hydrogen) atoms. The first-order valence-corrected chi connectivity index (χ1v) is 13.9. The summed E-state index contributed by atoms with van der Waals surface area (Å²) in [6, 6.07) is -0.711. The molecule has 0 aliphatic heterocycles. The second-order valence-electron chi connectivity index (χ2n) is 12.2. The van der Waals surface area contributed by atoms with E-state index in [0.29, 0.717) is 58.5 Å². The number of hydrogen-bond acceptors (Lipinski definition) is 14. The first-order chi connectivity index (χ1) is 20.0. The topological polar surface area (TPSA) is 261 Å². The molecule has 0 radical (unpaired) electrons. The third kappa shape index (κ3) is 3.50. The zero-order valence-electron chi connectivity index (χ0n) is 23.0. The minimum atomic E-state index is -0.954. The van der Waals surface area contributed by atoms with E-state index < -0.39 is 35.2 Å². The van der Waals surface area contributed by atoms with Crippen LogP contribution in [0.3, 0.4) is 0 Å². The lowest BCUT2D eigenvalue weighted by molar-refractivity contribution is -0.0301. The average molecular weight is 583 g/mol. The monoisotopic (exact) mass is 582 g/mol. The smallest absolute Gasteiger partial charge is 0.166 e. The second-order valence-corrected chi connectivity index (χ2v) is 12.2. The summed E-state index contributed by atoms with van der Waals surface area (Å²) in [4.78, 5) is 25.3. The van der Waals surface area contributed by atoms with Gasteiger partial charge in [-0.05, 0) is 38.5 Å². The van der Waals surface area contributed by atoms with Gasteiger partial charge in [0.1, 0.15) is 34.9 Å². The van der Waals surface area contributed by atoms with Crippen molar-refractivity contribution in [3.63, 3.8) is 0 Å². The number of rotatable bonds is 4. The molecule has 0 spiro atoms. The zero-order chi connectivity index (χ0) is 29.9. The molecular weight excluding hydrogens is 548 g/mol. The van der Waals surface area contributed by atoms with Crippen molar-refractivity contribution in [1.82, 2.24) is 39.0 Å². The summed E-state index contributed by atoms with van der Waals surface area (Å²) in [5.74, 6) is 1.68. The van der Waals surface area contributed by atoms with E-state index >= 15 is 0 Å². The van der Waals surface area contributed by atoms with Crippen LogP contribution in [0.2, 0.25) is 0 Å². The number of aromatic nitrogens is 8. The SMILES string of the molecule is Cc1nc(N)c2ncn([C@H]3[C@H](O)[C@H](O)[C@]4(CO)C[C@H]34)c2n1.Cc1nc(N)c2ncn([C@H]3[C@H](O)[C@H](O)[C@]4(CO)C[C@H]34)c2n1. The summed E-state index contributed by atoms with van der Waals surface area (Å²) in [6.07, 6.45) is 0.736. The largest absolute Gasteiger partial charge is 0.396 e. The van der Waals surface area contributed by atoms with E-state index in [1.54, 1.807) is 35.6 Å². The van der Waals surface area contributed by atoms with Crippen LogP contribution >= 0.6 is 0 Å². The van der Waals surface area contributed by atoms with Crippen LogP contribution in [0.4, 0.5) is 11.6 Å². The Balaban J connectivity index is 0.000000137. The highest BCUT2D eigenvalue weighted by Gasteiger charge is 2.72. The van der Waals surface area contributed by atoms with Crippen LogP contribution in [-0.4, -0.2) is 107 Å². The van der Waals surface area contributed by atoms with Gasteiger partial charge in [-0.25, -0.2) is 29.9 Å². The molecule has 10 atom stereocenters. The molecule has 4 saturated carbocycles. The van der Waals surface area contributed by atoms with Gasteiger partial charge in [-0.2, -0.15) is 0 Å². The molecule has 0 unspecified atom stereocenters. The number of aliphatic hydroxyl groups is 6. The molecule has 4 aromatic rings. The average Bonchev–Trinajstić information content (AvgIpc) is 3.69. The quantitative estimate of drug-likeness (QED) is 0.129. The summed E-state index contributed by atoms with van der Waals surface area (Å²) in [5, 5.41) is 60.2. The van der Waals surface area contributed by atoms with Gasteiger partial charge in [0.15, 0.2) is 22.9 Å². The Morgan fingerprint density at radius 2 is 1.10 bits per heavy atom. The molecule has 4 aromatic heterocycles. The van der Waals surface area contributed by atoms with Crippen LogP contribution in [0.25, 0.3) is 22.3 Å². The van der Waals surface area contributed by atoms with E-state index in [-0.39, 0.29) is 37.1 Å². The van der Waals surface area contributed by atoms with Gasteiger partial charge in [0.05, 0.1) is 50.2 Å². The van der Waals surface area contributed by atoms with E-state index in [4.69, 9.17) is 11.5 Å². The van der Waals surface area contributed by atoms with Gasteiger partial charge in [-0.3, -0.25) is 0 Å². The standard InChI is InChI=1S/2C13H17N5O3/c2*1-5-16-11(14)7-12(17-5)18(4-15-7)8-6-2-13(6,3-19)10(21)9(8)20/h2*4,6,8-10,19-21H,2-3H2,1H3,(H2,14,16,17)/t2*6-,8-,9+,10+,13+/m11/s1. The van der Waals surface area contributed by atoms with Crippen molar-refractivity contribution in [3.8, 4) is 0 Å². The van der Waals surface area contributed by atoms with Gasteiger partial charge in [0, 0.05) is 10.8 Å². The first-order valence-electron chi connectivity index (χ1n) is 13.9. The lowest BCUT2D eigenvalue weighted by Crippen LogP contribution is -2.35. The molecule has 0 bridgehead atoms. The fraction of sp³-hybridized carbons (Fsp3) is 0.615. The number of aryl methyl sites for hydroxylation is 2. The molecule has 0 saturated heterocycles. The van der Waals surface area contributed by atoms with Crippen LogP contribution < -0.4 is 11.5 Å². The number of nitrogen functional groups attached to an aromatic ring is 2. The van der Waals surface area contributed by atoms with Crippen molar-refractivity contribution >= 4 is 34.0 Å². The Kier molecular flexibility index (Phi) is 5.84. The molecule has 4 heterocycles. The Bertz CT molecular complexity index is 1590. The molecule has 0 aromatic carbocycles. The number of fused-ring (bicyclic) bond motifs is 4. The van der Waals surface area contributed by atoms with Crippen molar-refractivity contribution in [1.29, 1.82) is 0 Å². The summed E-state index contributed by atoms with van der Waals surface area (Å²) in [6.45, 7) is 3.22. The predicted molar refractivity (Wildman–Crippen MR) is 146 cm³/mol. The molecule has 8 rings (SSSR count). The lowest BCUT2D eigenvalue weighted by Gasteiger charge is -2.23. The molecule has 4 fully saturated rings. The number of nitrogens with two attached hydrogens (primary N) is 2. The van der Waals surface area contributed by atoms with E-state index in [9.17, 15) is 30.6 Å². The van der Waals surface area contributed by atoms with Gasteiger partial charge in [0.2, 0.25) is 0 Å². The van der Waals surface area contributed by atoms with Crippen molar-refractivity contribution in [2.24, 2.45) is 22.7 Å². The highest BCUT2D eigenvalue weighted by molar-refractivity contribution is 5.82. The highest BCUT2D eigenvalue weighted by Crippen LogP contribution is 2.68. The normalized spacial score (nSPS) is 37.9. The van der Waals surface area contributed by atoms with Crippen LogP contribution in [0.1, 0.15) is 36.6 Å². The number of aliphatic hydroxyl groups excluding tert-OH is 6. The van der Waals surface area contributed by atoms with Gasteiger partial charge in [-0.1, -0.05) is 0 Å². The second kappa shape index (κ2) is 8.98. The Morgan fingerprint density at radius 3 is 1.43 bits per heavy atom. The van der Waals surface area contributed by atoms with Crippen molar-refractivity contribution < 1.29 is 30.6 Å². The Labute approximate surface area is 238 Å². The van der Waals surface area contributed by atoms with Crippen molar-refractivity contribution in [2.75, 3.05) is 24.7 Å². The Hall–Kier alpha value is -3.54. The van der Waals surface area contributed by atoms with E-state index in [1.807, 2.05) is 0 Å². The Morgan fingerprint density at radius 1 is 0.714 bits per heavy atom. The van der Waals surface area contributed by atoms with Crippen LogP contribution in [-0.2, 0) is 0 Å². The zero-order valence-corrected chi connectivity index (χ0v) is 23.0. The number of hydrogen-bond donors (Lipinski definition) is 8.